The molecule has 2 rings (SSSR count). The Morgan fingerprint density at radius 3 is 1.97 bits per heavy atom. The minimum Gasteiger partial charge on any atom is -0.494 e. The molecule has 2 aromatic carbocycles. The Labute approximate surface area is 166 Å². The summed E-state index contributed by atoms with van der Waals surface area (Å²) >= 11 is 0. The molecule has 0 heterocycles. The summed E-state index contributed by atoms with van der Waals surface area (Å²) in [6.45, 7) is 2.51. The van der Waals surface area contributed by atoms with Crippen LogP contribution in [0.1, 0.15) is 22.8 Å². The molecule has 156 valence electrons. The van der Waals surface area contributed by atoms with Crippen molar-refractivity contribution in [2.24, 2.45) is 0 Å². The minimum atomic E-state index is -4.45. The van der Waals surface area contributed by atoms with Gasteiger partial charge in [0.2, 0.25) is 0 Å². The zero-order chi connectivity index (χ0) is 21.3. The normalized spacial score (nSPS) is 10.9. The molecular weight excluding hydrogens is 389 g/mol. The quantitative estimate of drug-likeness (QED) is 0.623. The lowest BCUT2D eigenvalue weighted by Crippen LogP contribution is -2.36. The third-order valence-electron chi connectivity index (χ3n) is 3.71. The molecular formula is C20H21F3N2O4. The zero-order valence-corrected chi connectivity index (χ0v) is 15.7. The Morgan fingerprint density at radius 2 is 1.41 bits per heavy atom. The fraction of sp³-hybridized carbons (Fsp3) is 0.300. The second-order valence-corrected chi connectivity index (χ2v) is 5.87. The molecule has 0 bridgehead atoms. The van der Waals surface area contributed by atoms with Crippen LogP contribution in [0.2, 0.25) is 0 Å². The molecule has 29 heavy (non-hydrogen) atoms. The molecule has 0 saturated carbocycles. The van der Waals surface area contributed by atoms with Gasteiger partial charge in [0.05, 0.1) is 12.2 Å². The number of alkyl halides is 3. The van der Waals surface area contributed by atoms with Crippen molar-refractivity contribution in [1.82, 2.24) is 10.6 Å². The van der Waals surface area contributed by atoms with Crippen molar-refractivity contribution in [2.45, 2.75) is 13.1 Å². The van der Waals surface area contributed by atoms with Gasteiger partial charge in [0.25, 0.3) is 11.8 Å². The van der Waals surface area contributed by atoms with Crippen LogP contribution >= 0.6 is 0 Å². The molecule has 2 amide bonds. The molecule has 0 fully saturated rings. The Bertz CT molecular complexity index is 806. The van der Waals surface area contributed by atoms with Crippen molar-refractivity contribution in [1.29, 1.82) is 0 Å². The number of hydrogen-bond donors (Lipinski definition) is 2. The highest BCUT2D eigenvalue weighted by Crippen LogP contribution is 2.29. The maximum atomic E-state index is 12.5. The van der Waals surface area contributed by atoms with Gasteiger partial charge < -0.3 is 20.1 Å². The average molecular weight is 410 g/mol. The molecule has 6 nitrogen and oxygen atoms in total. The fourth-order valence-corrected chi connectivity index (χ4v) is 2.29. The molecule has 2 aromatic rings. The summed E-state index contributed by atoms with van der Waals surface area (Å²) < 4.78 is 48.2. The summed E-state index contributed by atoms with van der Waals surface area (Å²) in [4.78, 5) is 23.6. The number of amides is 2. The summed E-state index contributed by atoms with van der Waals surface area (Å²) in [5.74, 6) is 0.313. The van der Waals surface area contributed by atoms with Gasteiger partial charge in [-0.05, 0) is 55.5 Å². The number of ether oxygens (including phenoxy) is 2. The largest absolute Gasteiger partial charge is 0.494 e. The first kappa shape index (κ1) is 22.1. The number of benzene rings is 2. The van der Waals surface area contributed by atoms with Gasteiger partial charge in [-0.25, -0.2) is 0 Å². The van der Waals surface area contributed by atoms with E-state index in [1.807, 2.05) is 6.92 Å². The first-order valence-electron chi connectivity index (χ1n) is 8.87. The highest BCUT2D eigenvalue weighted by molar-refractivity contribution is 5.94. The third kappa shape index (κ3) is 7.36. The minimum absolute atomic E-state index is 0.100. The summed E-state index contributed by atoms with van der Waals surface area (Å²) in [5.41, 5.74) is -0.725. The second-order valence-electron chi connectivity index (χ2n) is 5.87. The number of halogens is 3. The van der Waals surface area contributed by atoms with Crippen molar-refractivity contribution in [3.8, 4) is 11.5 Å². The van der Waals surface area contributed by atoms with Crippen LogP contribution in [0, 0.1) is 0 Å². The zero-order valence-electron chi connectivity index (χ0n) is 15.7. The molecule has 2 N–H and O–H groups in total. The first-order chi connectivity index (χ1) is 13.8. The third-order valence-corrected chi connectivity index (χ3v) is 3.71. The van der Waals surface area contributed by atoms with Crippen LogP contribution < -0.4 is 20.1 Å². The molecule has 0 saturated heterocycles. The highest BCUT2D eigenvalue weighted by Gasteiger charge is 2.30. The number of nitrogens with one attached hydrogen (secondary N) is 2. The van der Waals surface area contributed by atoms with Gasteiger partial charge in [-0.15, -0.1) is 0 Å². The number of carbonyl (C=O) groups excluding carboxylic acids is 2. The van der Waals surface area contributed by atoms with E-state index in [1.54, 1.807) is 24.3 Å². The van der Waals surface area contributed by atoms with Crippen LogP contribution in [0.5, 0.6) is 11.5 Å². The molecule has 0 atom stereocenters. The Hall–Kier alpha value is -3.23. The van der Waals surface area contributed by atoms with Gasteiger partial charge in [-0.3, -0.25) is 9.59 Å². The highest BCUT2D eigenvalue weighted by atomic mass is 19.4. The molecule has 0 aliphatic rings. The van der Waals surface area contributed by atoms with Gasteiger partial charge in [0, 0.05) is 18.7 Å². The standard InChI is InChI=1S/C20H21F3N2O4/c1-2-28-16-7-9-17(10-8-16)29-13-18(26)24-11-12-25-19(27)14-3-5-15(6-4-14)20(21,22)23/h3-10H,2,11-13H2,1H3,(H,24,26)(H,25,27). The van der Waals surface area contributed by atoms with Crippen LogP contribution in [-0.2, 0) is 11.0 Å². The molecule has 0 radical (unpaired) electrons. The van der Waals surface area contributed by atoms with Crippen LogP contribution in [0.15, 0.2) is 48.5 Å². The van der Waals surface area contributed by atoms with E-state index in [-0.39, 0.29) is 31.2 Å². The van der Waals surface area contributed by atoms with Gasteiger partial charge in [0.15, 0.2) is 6.61 Å². The number of hydrogen-bond acceptors (Lipinski definition) is 4. The molecule has 0 aliphatic carbocycles. The topological polar surface area (TPSA) is 76.7 Å². The van der Waals surface area contributed by atoms with Crippen molar-refractivity contribution in [3.05, 3.63) is 59.7 Å². The Morgan fingerprint density at radius 1 is 0.862 bits per heavy atom. The van der Waals surface area contributed by atoms with Crippen molar-refractivity contribution in [2.75, 3.05) is 26.3 Å². The molecule has 9 heteroatoms. The maximum Gasteiger partial charge on any atom is 0.416 e. The van der Waals surface area contributed by atoms with Gasteiger partial charge in [-0.2, -0.15) is 13.2 Å². The summed E-state index contributed by atoms with van der Waals surface area (Å²) in [6, 6.07) is 10.7. The predicted molar refractivity (Wildman–Crippen MR) is 99.9 cm³/mol. The summed E-state index contributed by atoms with van der Waals surface area (Å²) in [7, 11) is 0. The second kappa shape index (κ2) is 10.4. The van der Waals surface area contributed by atoms with E-state index in [1.165, 1.54) is 0 Å². The molecule has 0 spiro atoms. The molecule has 0 unspecified atom stereocenters. The SMILES string of the molecule is CCOc1ccc(OCC(=O)NCCNC(=O)c2ccc(C(F)(F)F)cc2)cc1. The fourth-order valence-electron chi connectivity index (χ4n) is 2.29. The Balaban J connectivity index is 1.66. The van der Waals surface area contributed by atoms with Gasteiger partial charge in [0.1, 0.15) is 11.5 Å². The van der Waals surface area contributed by atoms with Crippen LogP contribution in [0.3, 0.4) is 0 Å². The monoisotopic (exact) mass is 410 g/mol. The lowest BCUT2D eigenvalue weighted by atomic mass is 10.1. The van der Waals surface area contributed by atoms with Crippen molar-refractivity contribution >= 4 is 11.8 Å². The maximum absolute atomic E-state index is 12.5. The van der Waals surface area contributed by atoms with E-state index in [0.29, 0.717) is 18.1 Å². The van der Waals surface area contributed by atoms with Gasteiger partial charge >= 0.3 is 6.18 Å². The van der Waals surface area contributed by atoms with Crippen molar-refractivity contribution in [3.63, 3.8) is 0 Å². The van der Waals surface area contributed by atoms with Crippen LogP contribution in [0.4, 0.5) is 13.2 Å². The van der Waals surface area contributed by atoms with E-state index >= 15 is 0 Å². The molecule has 0 aromatic heterocycles. The van der Waals surface area contributed by atoms with E-state index < -0.39 is 17.6 Å². The lowest BCUT2D eigenvalue weighted by Gasteiger charge is -2.10. The number of carbonyl (C=O) groups is 2. The smallest absolute Gasteiger partial charge is 0.416 e. The predicted octanol–water partition coefficient (Wildman–Crippen LogP) is 3.03. The first-order valence-corrected chi connectivity index (χ1v) is 8.87. The average Bonchev–Trinajstić information content (AvgIpc) is 2.70. The van der Waals surface area contributed by atoms with E-state index in [0.717, 1.165) is 24.3 Å². The summed E-state index contributed by atoms with van der Waals surface area (Å²) in [5, 5.41) is 5.08. The van der Waals surface area contributed by atoms with E-state index in [2.05, 4.69) is 10.6 Å². The van der Waals surface area contributed by atoms with Crippen molar-refractivity contribution < 1.29 is 32.2 Å². The number of rotatable bonds is 9. The van der Waals surface area contributed by atoms with Crippen LogP contribution in [-0.4, -0.2) is 38.1 Å². The van der Waals surface area contributed by atoms with Gasteiger partial charge in [-0.1, -0.05) is 0 Å². The van der Waals surface area contributed by atoms with E-state index in [9.17, 15) is 22.8 Å². The Kier molecular flexibility index (Phi) is 7.88. The van der Waals surface area contributed by atoms with E-state index in [4.69, 9.17) is 9.47 Å². The summed E-state index contributed by atoms with van der Waals surface area (Å²) in [6.07, 6.45) is -4.45. The van der Waals surface area contributed by atoms with Crippen LogP contribution in [0.25, 0.3) is 0 Å². The molecule has 0 aliphatic heterocycles. The lowest BCUT2D eigenvalue weighted by molar-refractivity contribution is -0.137.